The van der Waals surface area contributed by atoms with E-state index in [0.717, 1.165) is 25.7 Å². The van der Waals surface area contributed by atoms with E-state index in [1.807, 2.05) is 0 Å². The van der Waals surface area contributed by atoms with Crippen LogP contribution >= 0.6 is 7.60 Å². The van der Waals surface area contributed by atoms with Gasteiger partial charge in [-0.05, 0) is 19.4 Å². The summed E-state index contributed by atoms with van der Waals surface area (Å²) in [4.78, 5) is 21.1. The van der Waals surface area contributed by atoms with E-state index >= 15 is 0 Å². The van der Waals surface area contributed by atoms with Gasteiger partial charge in [0, 0.05) is 6.54 Å². The van der Waals surface area contributed by atoms with Crippen molar-refractivity contribution in [2.75, 3.05) is 19.3 Å². The second-order valence-electron chi connectivity index (χ2n) is 3.40. The average molecular weight is 237 g/mol. The predicted octanol–water partition coefficient (Wildman–Crippen LogP) is 0.0404. The van der Waals surface area contributed by atoms with Gasteiger partial charge < -0.3 is 21.3 Å². The third-order valence-electron chi connectivity index (χ3n) is 1.80. The molecule has 0 aliphatic carbocycles. The lowest BCUT2D eigenvalue weighted by Crippen LogP contribution is -2.17. The monoisotopic (exact) mass is 237 g/mol. The second kappa shape index (κ2) is 7.82. The van der Waals surface area contributed by atoms with Crippen molar-refractivity contribution in [1.29, 1.82) is 0 Å². The van der Waals surface area contributed by atoms with Crippen molar-refractivity contribution < 1.29 is 14.4 Å². The number of hydrogen-bond donors (Lipinski definition) is 4. The summed E-state index contributed by atoms with van der Waals surface area (Å²) >= 11 is 0. The normalized spacial score (nSPS) is 13.1. The molecule has 0 saturated heterocycles. The van der Waals surface area contributed by atoms with Crippen LogP contribution in [0.2, 0.25) is 0 Å². The van der Waals surface area contributed by atoms with Crippen LogP contribution < -0.4 is 11.5 Å². The Morgan fingerprint density at radius 1 is 1.20 bits per heavy atom. The van der Waals surface area contributed by atoms with Gasteiger partial charge in [-0.1, -0.05) is 12.8 Å². The summed E-state index contributed by atoms with van der Waals surface area (Å²) in [5.74, 6) is 0.0298. The Kier molecular flexibility index (Phi) is 7.60. The van der Waals surface area contributed by atoms with Gasteiger partial charge in [-0.2, -0.15) is 0 Å². The highest BCUT2D eigenvalue weighted by molar-refractivity contribution is 7.52. The van der Waals surface area contributed by atoms with Crippen LogP contribution in [-0.2, 0) is 4.57 Å². The zero-order valence-electron chi connectivity index (χ0n) is 8.80. The van der Waals surface area contributed by atoms with Crippen LogP contribution in [0.5, 0.6) is 0 Å². The molecule has 0 rings (SSSR count). The van der Waals surface area contributed by atoms with Gasteiger partial charge >= 0.3 is 7.60 Å². The number of aliphatic imine (C=N–C) groups is 1. The highest BCUT2D eigenvalue weighted by Gasteiger charge is 2.14. The Balaban J connectivity index is 3.55. The molecule has 0 spiro atoms. The average Bonchev–Trinajstić information content (AvgIpc) is 2.08. The fraction of sp³-hybridized carbons (Fsp3) is 0.875. The Morgan fingerprint density at radius 3 is 2.33 bits per heavy atom. The summed E-state index contributed by atoms with van der Waals surface area (Å²) in [7, 11) is -4.06. The van der Waals surface area contributed by atoms with E-state index in [0.29, 0.717) is 13.1 Å². The quantitative estimate of drug-likeness (QED) is 0.205. The molecule has 90 valence electrons. The van der Waals surface area contributed by atoms with Crippen molar-refractivity contribution in [3.63, 3.8) is 0 Å². The zero-order chi connectivity index (χ0) is 11.7. The molecular weight excluding hydrogens is 217 g/mol. The number of hydrogen-bond acceptors (Lipinski definition) is 3. The van der Waals surface area contributed by atoms with Crippen molar-refractivity contribution in [2.45, 2.75) is 25.7 Å². The third-order valence-corrected chi connectivity index (χ3v) is 2.53. The third kappa shape index (κ3) is 11.5. The van der Waals surface area contributed by atoms with Crippen molar-refractivity contribution in [1.82, 2.24) is 0 Å². The molecule has 0 aliphatic heterocycles. The molecule has 0 saturated carbocycles. The van der Waals surface area contributed by atoms with Crippen LogP contribution in [0.3, 0.4) is 0 Å². The zero-order valence-corrected chi connectivity index (χ0v) is 9.70. The Hall–Kier alpha value is -0.420. The molecule has 0 aromatic rings. The molecule has 0 aliphatic rings. The molecule has 0 atom stereocenters. The highest BCUT2D eigenvalue weighted by Crippen LogP contribution is 2.33. The summed E-state index contributed by atoms with van der Waals surface area (Å²) < 4.78 is 10.5. The molecule has 0 unspecified atom stereocenters. The van der Waals surface area contributed by atoms with Crippen LogP contribution in [-0.4, -0.2) is 34.9 Å². The molecule has 6 nitrogen and oxygen atoms in total. The van der Waals surface area contributed by atoms with Crippen LogP contribution in [0.25, 0.3) is 0 Å². The van der Waals surface area contributed by atoms with Gasteiger partial charge in [-0.25, -0.2) is 0 Å². The van der Waals surface area contributed by atoms with Crippen molar-refractivity contribution in [2.24, 2.45) is 16.5 Å². The largest absolute Gasteiger partial charge is 0.387 e. The van der Waals surface area contributed by atoms with E-state index in [9.17, 15) is 4.57 Å². The van der Waals surface area contributed by atoms with Gasteiger partial charge in [0.25, 0.3) is 0 Å². The van der Waals surface area contributed by atoms with Crippen LogP contribution in [0.15, 0.2) is 4.99 Å². The molecule has 0 aromatic carbocycles. The molecule has 15 heavy (non-hydrogen) atoms. The molecule has 6 N–H and O–H groups in total. The van der Waals surface area contributed by atoms with E-state index in [1.165, 1.54) is 0 Å². The lowest BCUT2D eigenvalue weighted by Gasteiger charge is -2.03. The Labute approximate surface area is 89.9 Å². The van der Waals surface area contributed by atoms with Gasteiger partial charge in [-0.15, -0.1) is 0 Å². The van der Waals surface area contributed by atoms with Crippen molar-refractivity contribution in [3.8, 4) is 0 Å². The van der Waals surface area contributed by atoms with Crippen molar-refractivity contribution in [3.05, 3.63) is 0 Å². The summed E-state index contributed by atoms with van der Waals surface area (Å²) in [6, 6.07) is 0. The molecular formula is C8H20N3O3P. The first-order valence-corrected chi connectivity index (χ1v) is 6.79. The molecule has 0 fully saturated rings. The van der Waals surface area contributed by atoms with Gasteiger partial charge in [0.2, 0.25) is 0 Å². The molecule has 0 amide bonds. The first-order chi connectivity index (χ1) is 6.95. The minimum absolute atomic E-state index is 0.0298. The van der Waals surface area contributed by atoms with Crippen molar-refractivity contribution >= 4 is 13.4 Å². The Bertz CT molecular complexity index is 239. The SMILES string of the molecule is NCCCCCCN=C(N)CP(=O)(O)O. The highest BCUT2D eigenvalue weighted by atomic mass is 31.2. The topological polar surface area (TPSA) is 122 Å². The maximum absolute atomic E-state index is 10.5. The molecule has 0 bridgehead atoms. The predicted molar refractivity (Wildman–Crippen MR) is 60.9 cm³/mol. The lowest BCUT2D eigenvalue weighted by atomic mass is 10.2. The van der Waals surface area contributed by atoms with Gasteiger partial charge in [0.15, 0.2) is 0 Å². The minimum Gasteiger partial charge on any atom is -0.387 e. The summed E-state index contributed by atoms with van der Waals surface area (Å²) in [5.41, 5.74) is 10.7. The van der Waals surface area contributed by atoms with E-state index in [2.05, 4.69) is 4.99 Å². The standard InChI is InChI=1S/C8H20N3O3P/c9-5-3-1-2-4-6-11-8(10)7-15(12,13)14/h1-7,9H2,(H2,10,11)(H2,12,13,14). The summed E-state index contributed by atoms with van der Waals surface area (Å²) in [6.45, 7) is 1.22. The maximum atomic E-state index is 10.5. The maximum Gasteiger partial charge on any atom is 0.333 e. The second-order valence-corrected chi connectivity index (χ2v) is 5.04. The Morgan fingerprint density at radius 2 is 1.80 bits per heavy atom. The van der Waals surface area contributed by atoms with Gasteiger partial charge in [0.05, 0.1) is 0 Å². The molecule has 0 heterocycles. The van der Waals surface area contributed by atoms with E-state index in [1.54, 1.807) is 0 Å². The first-order valence-electron chi connectivity index (χ1n) is 4.99. The van der Waals surface area contributed by atoms with Crippen LogP contribution in [0, 0.1) is 0 Å². The molecule has 0 aromatic heterocycles. The summed E-state index contributed by atoms with van der Waals surface area (Å²) in [5, 5.41) is 0. The van der Waals surface area contributed by atoms with Crippen LogP contribution in [0.4, 0.5) is 0 Å². The smallest absolute Gasteiger partial charge is 0.333 e. The fourth-order valence-electron chi connectivity index (χ4n) is 1.09. The van der Waals surface area contributed by atoms with Crippen LogP contribution in [0.1, 0.15) is 25.7 Å². The fourth-order valence-corrected chi connectivity index (χ4v) is 1.62. The van der Waals surface area contributed by atoms with E-state index < -0.39 is 13.8 Å². The molecule has 0 radical (unpaired) electrons. The lowest BCUT2D eigenvalue weighted by molar-refractivity contribution is 0.378. The molecule has 7 heteroatoms. The first kappa shape index (κ1) is 14.6. The number of amidine groups is 1. The van der Waals surface area contributed by atoms with Gasteiger partial charge in [0.1, 0.15) is 12.0 Å². The number of unbranched alkanes of at least 4 members (excludes halogenated alkanes) is 3. The minimum atomic E-state index is -4.06. The number of nitrogens with zero attached hydrogens (tertiary/aromatic N) is 1. The summed E-state index contributed by atoms with van der Waals surface area (Å²) in [6.07, 6.45) is 3.51. The number of rotatable bonds is 8. The van der Waals surface area contributed by atoms with Gasteiger partial charge in [-0.3, -0.25) is 9.56 Å². The van der Waals surface area contributed by atoms with E-state index in [-0.39, 0.29) is 5.84 Å². The number of nitrogens with two attached hydrogens (primary N) is 2. The van der Waals surface area contributed by atoms with E-state index in [4.69, 9.17) is 21.3 Å².